The van der Waals surface area contributed by atoms with E-state index in [4.69, 9.17) is 4.74 Å². The van der Waals surface area contributed by atoms with E-state index in [1.54, 1.807) is 4.90 Å². The molecule has 3 rings (SSSR count). The number of nitrogens with one attached hydrogen (secondary N) is 1. The van der Waals surface area contributed by atoms with Gasteiger partial charge in [-0.15, -0.1) is 0 Å². The minimum Gasteiger partial charge on any atom is -0.444 e. The smallest absolute Gasteiger partial charge is 0.410 e. The number of carbonyl (C=O) groups is 1. The fourth-order valence-electron chi connectivity index (χ4n) is 2.88. The number of benzene rings is 1. The minimum absolute atomic E-state index is 0.0908. The highest BCUT2D eigenvalue weighted by molar-refractivity contribution is 5.72. The van der Waals surface area contributed by atoms with Crippen LogP contribution < -0.4 is 5.32 Å². The number of rotatable bonds is 0. The number of likely N-dealkylation sites (tertiary alicyclic amines) is 1. The molecule has 2 aliphatic heterocycles. The van der Waals surface area contributed by atoms with E-state index in [1.165, 1.54) is 11.3 Å². The van der Waals surface area contributed by atoms with Crippen molar-refractivity contribution < 1.29 is 9.53 Å². The lowest BCUT2D eigenvalue weighted by molar-refractivity contribution is -0.00627. The molecule has 0 radical (unpaired) electrons. The van der Waals surface area contributed by atoms with E-state index in [9.17, 15) is 4.79 Å². The van der Waals surface area contributed by atoms with Gasteiger partial charge in [0.15, 0.2) is 0 Å². The Bertz CT molecular complexity index is 514. The second-order valence-corrected chi connectivity index (χ2v) is 6.52. The zero-order chi connectivity index (χ0) is 15.7. The number of fused-ring (bicyclic) bond motifs is 2. The van der Waals surface area contributed by atoms with Gasteiger partial charge in [-0.05, 0) is 32.4 Å². The lowest BCUT2D eigenvalue weighted by Crippen LogP contribution is -2.62. The van der Waals surface area contributed by atoms with Crippen LogP contribution in [0.25, 0.3) is 0 Å². The molecule has 1 amide bonds. The maximum atomic E-state index is 12.0. The van der Waals surface area contributed by atoms with Crippen LogP contribution in [0.3, 0.4) is 0 Å². The van der Waals surface area contributed by atoms with Gasteiger partial charge < -0.3 is 15.0 Å². The number of hydrogen-bond acceptors (Lipinski definition) is 3. The second kappa shape index (κ2) is 5.58. The SMILES string of the molecule is CC.CC(C)(C)OC(=O)N1CC2(CNc3ccccc32)C1. The molecule has 1 spiro atoms. The van der Waals surface area contributed by atoms with Gasteiger partial charge in [0.05, 0.1) is 5.41 Å². The molecule has 1 N–H and O–H groups in total. The summed E-state index contributed by atoms with van der Waals surface area (Å²) in [6, 6.07) is 8.35. The molecule has 0 bridgehead atoms. The summed E-state index contributed by atoms with van der Waals surface area (Å²) in [5.41, 5.74) is 2.19. The molecule has 116 valence electrons. The topological polar surface area (TPSA) is 41.6 Å². The molecule has 1 aromatic carbocycles. The predicted octanol–water partition coefficient (Wildman–Crippen LogP) is 3.63. The maximum Gasteiger partial charge on any atom is 0.410 e. The van der Waals surface area contributed by atoms with Gasteiger partial charge in [0, 0.05) is 25.3 Å². The molecule has 4 heteroatoms. The van der Waals surface area contributed by atoms with E-state index in [2.05, 4.69) is 23.5 Å². The van der Waals surface area contributed by atoms with Crippen molar-refractivity contribution in [2.75, 3.05) is 25.0 Å². The fraction of sp³-hybridized carbons (Fsp3) is 0.588. The summed E-state index contributed by atoms with van der Waals surface area (Å²) >= 11 is 0. The fourth-order valence-corrected chi connectivity index (χ4v) is 2.88. The number of ether oxygens (including phenoxy) is 1. The van der Waals surface area contributed by atoms with Crippen LogP contribution in [0, 0.1) is 0 Å². The van der Waals surface area contributed by atoms with Crippen LogP contribution in [0.5, 0.6) is 0 Å². The van der Waals surface area contributed by atoms with Crippen molar-refractivity contribution in [3.63, 3.8) is 0 Å². The van der Waals surface area contributed by atoms with E-state index in [1.807, 2.05) is 40.7 Å². The molecule has 1 saturated heterocycles. The van der Waals surface area contributed by atoms with Crippen LogP contribution in [0.2, 0.25) is 0 Å². The van der Waals surface area contributed by atoms with E-state index >= 15 is 0 Å². The Hall–Kier alpha value is -1.71. The second-order valence-electron chi connectivity index (χ2n) is 6.52. The van der Waals surface area contributed by atoms with E-state index in [0.717, 1.165) is 19.6 Å². The van der Waals surface area contributed by atoms with E-state index < -0.39 is 5.60 Å². The maximum absolute atomic E-state index is 12.0. The van der Waals surface area contributed by atoms with E-state index in [-0.39, 0.29) is 11.5 Å². The molecular weight excluding hydrogens is 264 g/mol. The highest BCUT2D eigenvalue weighted by Crippen LogP contribution is 2.43. The molecule has 2 aliphatic rings. The Balaban J connectivity index is 0.000000774. The third kappa shape index (κ3) is 2.99. The summed E-state index contributed by atoms with van der Waals surface area (Å²) in [4.78, 5) is 13.8. The number of para-hydroxylation sites is 1. The molecule has 4 nitrogen and oxygen atoms in total. The van der Waals surface area contributed by atoms with Crippen molar-refractivity contribution in [3.8, 4) is 0 Å². The van der Waals surface area contributed by atoms with E-state index in [0.29, 0.717) is 0 Å². The molecule has 0 saturated carbocycles. The van der Waals surface area contributed by atoms with Gasteiger partial charge in [-0.3, -0.25) is 0 Å². The molecule has 0 atom stereocenters. The van der Waals surface area contributed by atoms with Crippen LogP contribution in [-0.4, -0.2) is 36.2 Å². The van der Waals surface area contributed by atoms with Crippen LogP contribution in [-0.2, 0) is 10.2 Å². The summed E-state index contributed by atoms with van der Waals surface area (Å²) in [5.74, 6) is 0. The summed E-state index contributed by atoms with van der Waals surface area (Å²) in [6.07, 6.45) is -0.206. The van der Waals surface area contributed by atoms with Crippen molar-refractivity contribution in [3.05, 3.63) is 29.8 Å². The van der Waals surface area contributed by atoms with Crippen LogP contribution in [0.4, 0.5) is 10.5 Å². The highest BCUT2D eigenvalue weighted by atomic mass is 16.6. The van der Waals surface area contributed by atoms with Gasteiger partial charge in [0.2, 0.25) is 0 Å². The van der Waals surface area contributed by atoms with Gasteiger partial charge in [-0.25, -0.2) is 4.79 Å². The molecule has 0 aliphatic carbocycles. The number of hydrogen-bond donors (Lipinski definition) is 1. The summed E-state index contributed by atoms with van der Waals surface area (Å²) < 4.78 is 5.40. The van der Waals surface area contributed by atoms with Crippen molar-refractivity contribution in [2.45, 2.75) is 45.6 Å². The molecule has 2 heterocycles. The first-order valence-electron chi connectivity index (χ1n) is 7.71. The number of carbonyl (C=O) groups excluding carboxylic acids is 1. The zero-order valence-electron chi connectivity index (χ0n) is 13.7. The first-order valence-corrected chi connectivity index (χ1v) is 7.71. The first kappa shape index (κ1) is 15.7. The van der Waals surface area contributed by atoms with Crippen molar-refractivity contribution >= 4 is 11.8 Å². The van der Waals surface area contributed by atoms with Crippen molar-refractivity contribution in [2.24, 2.45) is 0 Å². The highest BCUT2D eigenvalue weighted by Gasteiger charge is 2.51. The lowest BCUT2D eigenvalue weighted by Gasteiger charge is -2.47. The quantitative estimate of drug-likeness (QED) is 0.793. The summed E-state index contributed by atoms with van der Waals surface area (Å²) in [5, 5.41) is 3.42. The molecule has 0 aromatic heterocycles. The van der Waals surface area contributed by atoms with Crippen LogP contribution in [0.1, 0.15) is 40.2 Å². The third-order valence-electron chi connectivity index (χ3n) is 3.75. The standard InChI is InChI=1S/C15H20N2O2.C2H6/c1-14(2,3)19-13(18)17-9-15(10-17)8-16-12-7-5-4-6-11(12)15;1-2/h4-7,16H,8-10H2,1-3H3;1-2H3. The summed E-state index contributed by atoms with van der Waals surface area (Å²) in [7, 11) is 0. The van der Waals surface area contributed by atoms with Gasteiger partial charge in [0.1, 0.15) is 5.60 Å². The third-order valence-corrected chi connectivity index (χ3v) is 3.75. The molecular formula is C17H26N2O2. The van der Waals surface area contributed by atoms with Gasteiger partial charge in [-0.1, -0.05) is 32.0 Å². The Kier molecular flexibility index (Phi) is 4.17. The van der Waals surface area contributed by atoms with Crippen molar-refractivity contribution in [1.82, 2.24) is 4.90 Å². The number of amides is 1. The molecule has 21 heavy (non-hydrogen) atoms. The molecule has 0 unspecified atom stereocenters. The summed E-state index contributed by atoms with van der Waals surface area (Å²) in [6.45, 7) is 12.1. The Morgan fingerprint density at radius 2 is 1.86 bits per heavy atom. The Labute approximate surface area is 127 Å². The first-order chi connectivity index (χ1) is 9.90. The van der Waals surface area contributed by atoms with Gasteiger partial charge in [-0.2, -0.15) is 0 Å². The largest absolute Gasteiger partial charge is 0.444 e. The number of nitrogens with zero attached hydrogens (tertiary/aromatic N) is 1. The predicted molar refractivity (Wildman–Crippen MR) is 85.8 cm³/mol. The monoisotopic (exact) mass is 290 g/mol. The molecule has 1 aromatic rings. The zero-order valence-corrected chi connectivity index (χ0v) is 13.7. The lowest BCUT2D eigenvalue weighted by atomic mass is 9.75. The average molecular weight is 290 g/mol. The molecule has 1 fully saturated rings. The van der Waals surface area contributed by atoms with Crippen LogP contribution >= 0.6 is 0 Å². The Morgan fingerprint density at radius 3 is 2.48 bits per heavy atom. The van der Waals surface area contributed by atoms with Crippen LogP contribution in [0.15, 0.2) is 24.3 Å². The normalized spacial score (nSPS) is 18.0. The minimum atomic E-state index is -0.425. The number of anilines is 1. The van der Waals surface area contributed by atoms with Gasteiger partial charge >= 0.3 is 6.09 Å². The van der Waals surface area contributed by atoms with Gasteiger partial charge in [0.25, 0.3) is 0 Å². The average Bonchev–Trinajstić information content (AvgIpc) is 2.77. The Morgan fingerprint density at radius 1 is 1.24 bits per heavy atom. The van der Waals surface area contributed by atoms with Crippen molar-refractivity contribution in [1.29, 1.82) is 0 Å².